The van der Waals surface area contributed by atoms with Crippen LogP contribution in [0.15, 0.2) is 0 Å². The van der Waals surface area contributed by atoms with E-state index < -0.39 is 19.1 Å². The minimum absolute atomic E-state index is 0.398. The lowest BCUT2D eigenvalue weighted by Crippen LogP contribution is -2.30. The molecule has 0 unspecified atom stereocenters. The van der Waals surface area contributed by atoms with E-state index in [1.807, 2.05) is 0 Å². The van der Waals surface area contributed by atoms with Crippen molar-refractivity contribution in [2.75, 3.05) is 25.4 Å². The molecule has 0 aliphatic carbocycles. The van der Waals surface area contributed by atoms with Gasteiger partial charge in [0.2, 0.25) is 0 Å². The molecule has 94 valence electrons. The zero-order valence-electron chi connectivity index (χ0n) is 9.47. The van der Waals surface area contributed by atoms with E-state index in [2.05, 4.69) is 19.2 Å². The normalized spacial score (nSPS) is 18.4. The second-order valence-electron chi connectivity index (χ2n) is 3.85. The third-order valence-electron chi connectivity index (χ3n) is 2.46. The summed E-state index contributed by atoms with van der Waals surface area (Å²) in [6.45, 7) is 6.06. The van der Waals surface area contributed by atoms with E-state index in [9.17, 15) is 4.57 Å². The van der Waals surface area contributed by atoms with Crippen molar-refractivity contribution in [2.24, 2.45) is 0 Å². The molecule has 1 fully saturated rings. The first-order valence-corrected chi connectivity index (χ1v) is 7.19. The SMILES string of the molecule is CC(C)P1(=O)CCNCC1.O=C(O)C(=O)O. The van der Waals surface area contributed by atoms with Crippen molar-refractivity contribution in [3.05, 3.63) is 0 Å². The van der Waals surface area contributed by atoms with Gasteiger partial charge in [-0.05, 0) is 0 Å². The Hall–Kier alpha value is -0.870. The molecule has 0 saturated carbocycles. The molecule has 1 saturated heterocycles. The van der Waals surface area contributed by atoms with Gasteiger partial charge in [0.25, 0.3) is 0 Å². The van der Waals surface area contributed by atoms with E-state index in [-0.39, 0.29) is 0 Å². The lowest BCUT2D eigenvalue weighted by Gasteiger charge is -2.26. The molecule has 0 bridgehead atoms. The van der Waals surface area contributed by atoms with E-state index in [0.717, 1.165) is 25.4 Å². The number of carboxylic acid groups (broad SMARTS) is 2. The van der Waals surface area contributed by atoms with Crippen LogP contribution >= 0.6 is 7.14 Å². The molecule has 0 radical (unpaired) electrons. The van der Waals surface area contributed by atoms with Crippen molar-refractivity contribution in [3.63, 3.8) is 0 Å². The standard InChI is InChI=1S/C7H16NOP.C2H2O4/c1-7(2)10(9)5-3-8-4-6-10;3-1(4)2(5)6/h7-8H,3-6H2,1-2H3;(H,3,4)(H,5,6). The Kier molecular flexibility index (Phi) is 6.29. The third-order valence-corrected chi connectivity index (χ3v) is 6.30. The highest BCUT2D eigenvalue weighted by Gasteiger charge is 2.27. The lowest BCUT2D eigenvalue weighted by atomic mass is 10.6. The zero-order chi connectivity index (χ0) is 12.8. The molecule has 0 atom stereocenters. The van der Waals surface area contributed by atoms with Crippen molar-refractivity contribution in [1.29, 1.82) is 0 Å². The van der Waals surface area contributed by atoms with Gasteiger partial charge < -0.3 is 20.1 Å². The van der Waals surface area contributed by atoms with Crippen molar-refractivity contribution in [2.45, 2.75) is 19.5 Å². The molecule has 1 heterocycles. The minimum Gasteiger partial charge on any atom is -0.473 e. The van der Waals surface area contributed by atoms with Crippen LogP contribution in [-0.4, -0.2) is 53.2 Å². The first-order valence-electron chi connectivity index (χ1n) is 5.04. The van der Waals surface area contributed by atoms with Crippen LogP contribution in [0.4, 0.5) is 0 Å². The van der Waals surface area contributed by atoms with Crippen LogP contribution in [0.3, 0.4) is 0 Å². The molecule has 7 heteroatoms. The molecule has 0 aromatic heterocycles. The van der Waals surface area contributed by atoms with Gasteiger partial charge >= 0.3 is 11.9 Å². The van der Waals surface area contributed by atoms with E-state index in [4.69, 9.17) is 19.8 Å². The molecule has 1 aliphatic heterocycles. The van der Waals surface area contributed by atoms with Gasteiger partial charge in [0, 0.05) is 31.1 Å². The van der Waals surface area contributed by atoms with Gasteiger partial charge in [0.15, 0.2) is 0 Å². The Morgan fingerprint density at radius 2 is 1.50 bits per heavy atom. The third kappa shape index (κ3) is 5.28. The van der Waals surface area contributed by atoms with Crippen molar-refractivity contribution >= 4 is 19.1 Å². The molecule has 6 nitrogen and oxygen atoms in total. The second-order valence-corrected chi connectivity index (χ2v) is 7.69. The fourth-order valence-corrected chi connectivity index (χ4v) is 3.62. The number of rotatable bonds is 1. The first kappa shape index (κ1) is 15.1. The molecule has 1 aliphatic rings. The summed E-state index contributed by atoms with van der Waals surface area (Å²) in [5, 5.41) is 18.0. The Labute approximate surface area is 94.4 Å². The van der Waals surface area contributed by atoms with Crippen molar-refractivity contribution < 1.29 is 24.4 Å². The van der Waals surface area contributed by atoms with Crippen LogP contribution in [0.5, 0.6) is 0 Å². The number of hydrogen-bond donors (Lipinski definition) is 3. The highest BCUT2D eigenvalue weighted by molar-refractivity contribution is 7.64. The summed E-state index contributed by atoms with van der Waals surface area (Å²) in [6.07, 6.45) is 1.81. The van der Waals surface area contributed by atoms with Crippen LogP contribution in [0.1, 0.15) is 13.8 Å². The molecule has 0 aromatic rings. The molecule has 0 aromatic carbocycles. The fraction of sp³-hybridized carbons (Fsp3) is 0.778. The largest absolute Gasteiger partial charge is 0.473 e. The maximum Gasteiger partial charge on any atom is 0.414 e. The highest BCUT2D eigenvalue weighted by atomic mass is 31.2. The van der Waals surface area contributed by atoms with Gasteiger partial charge in [-0.1, -0.05) is 13.8 Å². The monoisotopic (exact) mass is 251 g/mol. The summed E-state index contributed by atoms with van der Waals surface area (Å²) >= 11 is 0. The van der Waals surface area contributed by atoms with Crippen LogP contribution < -0.4 is 5.32 Å². The number of carbonyl (C=O) groups is 2. The highest BCUT2D eigenvalue weighted by Crippen LogP contribution is 2.50. The molecule has 16 heavy (non-hydrogen) atoms. The van der Waals surface area contributed by atoms with Gasteiger partial charge in [-0.2, -0.15) is 0 Å². The van der Waals surface area contributed by atoms with Crippen LogP contribution in [0, 0.1) is 0 Å². The molecule has 3 N–H and O–H groups in total. The van der Waals surface area contributed by atoms with Crippen molar-refractivity contribution in [1.82, 2.24) is 5.32 Å². The maximum absolute atomic E-state index is 11.9. The molecular formula is C9H18NO5P. The van der Waals surface area contributed by atoms with Crippen LogP contribution in [0.2, 0.25) is 0 Å². The summed E-state index contributed by atoms with van der Waals surface area (Å²) < 4.78 is 11.9. The lowest BCUT2D eigenvalue weighted by molar-refractivity contribution is -0.159. The summed E-state index contributed by atoms with van der Waals surface area (Å²) in [6, 6.07) is 0. The summed E-state index contributed by atoms with van der Waals surface area (Å²) in [4.78, 5) is 18.2. The first-order chi connectivity index (χ1) is 7.29. The van der Waals surface area contributed by atoms with Gasteiger partial charge in [-0.15, -0.1) is 0 Å². The number of nitrogens with one attached hydrogen (secondary N) is 1. The zero-order valence-corrected chi connectivity index (χ0v) is 10.4. The molecule has 0 amide bonds. The molecular weight excluding hydrogens is 233 g/mol. The summed E-state index contributed by atoms with van der Waals surface area (Å²) in [7, 11) is -1.75. The van der Waals surface area contributed by atoms with Crippen molar-refractivity contribution in [3.8, 4) is 0 Å². The fourth-order valence-electron chi connectivity index (χ4n) is 1.29. The van der Waals surface area contributed by atoms with Gasteiger partial charge in [-0.25, -0.2) is 9.59 Å². The van der Waals surface area contributed by atoms with Crippen LogP contribution in [0.25, 0.3) is 0 Å². The topological polar surface area (TPSA) is 104 Å². The Balaban J connectivity index is 0.000000325. The van der Waals surface area contributed by atoms with E-state index in [1.54, 1.807) is 0 Å². The van der Waals surface area contributed by atoms with E-state index in [1.165, 1.54) is 0 Å². The van der Waals surface area contributed by atoms with E-state index in [0.29, 0.717) is 5.66 Å². The number of hydrogen-bond acceptors (Lipinski definition) is 4. The average molecular weight is 251 g/mol. The average Bonchev–Trinajstić information content (AvgIpc) is 2.19. The second kappa shape index (κ2) is 6.66. The van der Waals surface area contributed by atoms with Gasteiger partial charge in [0.05, 0.1) is 7.14 Å². The molecule has 1 rings (SSSR count). The quantitative estimate of drug-likeness (QED) is 0.463. The summed E-state index contributed by atoms with van der Waals surface area (Å²) in [5.74, 6) is -3.65. The predicted molar refractivity (Wildman–Crippen MR) is 60.6 cm³/mol. The molecule has 0 spiro atoms. The van der Waals surface area contributed by atoms with Gasteiger partial charge in [0.1, 0.15) is 0 Å². The number of aliphatic carboxylic acids is 2. The van der Waals surface area contributed by atoms with E-state index >= 15 is 0 Å². The number of carboxylic acids is 2. The minimum atomic E-state index is -1.82. The smallest absolute Gasteiger partial charge is 0.414 e. The Morgan fingerprint density at radius 3 is 1.69 bits per heavy atom. The Morgan fingerprint density at radius 1 is 1.12 bits per heavy atom. The Bertz CT molecular complexity index is 280. The van der Waals surface area contributed by atoms with Crippen LogP contribution in [-0.2, 0) is 14.2 Å². The maximum atomic E-state index is 11.9. The van der Waals surface area contributed by atoms with Gasteiger partial charge in [-0.3, -0.25) is 0 Å². The summed E-state index contributed by atoms with van der Waals surface area (Å²) in [5.41, 5.74) is 0.398. The predicted octanol–water partition coefficient (Wildman–Crippen LogP) is 0.517.